The number of pyridine rings is 1. The van der Waals surface area contributed by atoms with Crippen LogP contribution in [0.15, 0.2) is 59.7 Å². The molecule has 2 aromatic heterocycles. The van der Waals surface area contributed by atoms with Gasteiger partial charge in [-0.05, 0) is 29.8 Å². The number of hydrogen-bond donors (Lipinski definition) is 1. The maximum Gasteiger partial charge on any atom is 0.281 e. The molecule has 0 unspecified atom stereocenters. The average molecular weight is 286 g/mol. The van der Waals surface area contributed by atoms with E-state index in [1.807, 2.05) is 30.3 Å². The van der Waals surface area contributed by atoms with Crippen LogP contribution < -0.4 is 10.9 Å². The van der Waals surface area contributed by atoms with Gasteiger partial charge in [-0.15, -0.1) is 0 Å². The maximum atomic E-state index is 12.2. The first-order chi connectivity index (χ1) is 9.74. The minimum Gasteiger partial charge on any atom is -0.375 e. The fourth-order valence-electron chi connectivity index (χ4n) is 1.95. The summed E-state index contributed by atoms with van der Waals surface area (Å²) in [6.45, 7) is 0.549. The molecule has 0 saturated carbocycles. The van der Waals surface area contributed by atoms with Gasteiger partial charge in [-0.2, -0.15) is 0 Å². The standard InChI is InChI=1S/C15H12ClN3O/c16-12-6-4-11(5-7-12)9-17-13-10-18-14-3-1-2-8-19(14)15(13)20/h1-8,10,17H,9H2. The zero-order valence-electron chi connectivity index (χ0n) is 10.6. The third-order valence-corrected chi connectivity index (χ3v) is 3.26. The second-order valence-corrected chi connectivity index (χ2v) is 4.82. The van der Waals surface area contributed by atoms with E-state index in [0.717, 1.165) is 5.56 Å². The first-order valence-corrected chi connectivity index (χ1v) is 6.56. The molecule has 0 aliphatic heterocycles. The predicted molar refractivity (Wildman–Crippen MR) is 80.2 cm³/mol. The summed E-state index contributed by atoms with van der Waals surface area (Å²) < 4.78 is 1.52. The molecule has 0 atom stereocenters. The Kier molecular flexibility index (Phi) is 3.39. The van der Waals surface area contributed by atoms with Crippen LogP contribution in [0.5, 0.6) is 0 Å². The van der Waals surface area contributed by atoms with Gasteiger partial charge in [-0.1, -0.05) is 29.8 Å². The van der Waals surface area contributed by atoms with E-state index < -0.39 is 0 Å². The highest BCUT2D eigenvalue weighted by Gasteiger charge is 2.03. The van der Waals surface area contributed by atoms with E-state index in [1.54, 1.807) is 24.5 Å². The molecule has 4 nitrogen and oxygen atoms in total. The Morgan fingerprint density at radius 1 is 1.15 bits per heavy atom. The molecule has 2 heterocycles. The summed E-state index contributed by atoms with van der Waals surface area (Å²) in [6.07, 6.45) is 3.27. The largest absolute Gasteiger partial charge is 0.375 e. The van der Waals surface area contributed by atoms with Crippen LogP contribution in [0.1, 0.15) is 5.56 Å². The molecule has 100 valence electrons. The van der Waals surface area contributed by atoms with E-state index in [1.165, 1.54) is 4.40 Å². The van der Waals surface area contributed by atoms with Crippen LogP contribution in [-0.2, 0) is 6.54 Å². The van der Waals surface area contributed by atoms with E-state index >= 15 is 0 Å². The van der Waals surface area contributed by atoms with Crippen LogP contribution >= 0.6 is 11.6 Å². The highest BCUT2D eigenvalue weighted by molar-refractivity contribution is 6.30. The Hall–Kier alpha value is -2.33. The van der Waals surface area contributed by atoms with Crippen molar-refractivity contribution in [1.82, 2.24) is 9.38 Å². The maximum absolute atomic E-state index is 12.2. The number of benzene rings is 1. The summed E-state index contributed by atoms with van der Waals surface area (Å²) in [5, 5.41) is 3.80. The Balaban J connectivity index is 1.86. The van der Waals surface area contributed by atoms with Gasteiger partial charge in [-0.3, -0.25) is 9.20 Å². The second-order valence-electron chi connectivity index (χ2n) is 4.39. The van der Waals surface area contributed by atoms with E-state index in [4.69, 9.17) is 11.6 Å². The van der Waals surface area contributed by atoms with Crippen molar-refractivity contribution in [3.8, 4) is 0 Å². The third kappa shape index (κ3) is 2.51. The Labute approximate surface area is 120 Å². The molecule has 0 spiro atoms. The van der Waals surface area contributed by atoms with Gasteiger partial charge in [0.15, 0.2) is 0 Å². The number of nitrogens with zero attached hydrogens (tertiary/aromatic N) is 2. The van der Waals surface area contributed by atoms with Crippen LogP contribution in [0.25, 0.3) is 5.65 Å². The lowest BCUT2D eigenvalue weighted by atomic mass is 10.2. The molecular formula is C15H12ClN3O. The summed E-state index contributed by atoms with van der Waals surface area (Å²) in [4.78, 5) is 16.5. The van der Waals surface area contributed by atoms with Crippen LogP contribution in [0.4, 0.5) is 5.69 Å². The fourth-order valence-corrected chi connectivity index (χ4v) is 2.07. The summed E-state index contributed by atoms with van der Waals surface area (Å²) >= 11 is 5.84. The van der Waals surface area contributed by atoms with Gasteiger partial charge in [0, 0.05) is 17.8 Å². The minimum atomic E-state index is -0.107. The summed E-state index contributed by atoms with van der Waals surface area (Å²) in [7, 11) is 0. The van der Waals surface area contributed by atoms with Crippen molar-refractivity contribution in [1.29, 1.82) is 0 Å². The van der Waals surface area contributed by atoms with Crippen molar-refractivity contribution in [3.63, 3.8) is 0 Å². The van der Waals surface area contributed by atoms with E-state index in [2.05, 4.69) is 10.3 Å². The van der Waals surface area contributed by atoms with Gasteiger partial charge in [0.05, 0.1) is 6.20 Å². The van der Waals surface area contributed by atoms with Crippen molar-refractivity contribution in [3.05, 3.63) is 75.8 Å². The first kappa shape index (κ1) is 12.7. The van der Waals surface area contributed by atoms with Gasteiger partial charge in [0.2, 0.25) is 0 Å². The van der Waals surface area contributed by atoms with E-state index in [-0.39, 0.29) is 5.56 Å². The van der Waals surface area contributed by atoms with Crippen LogP contribution in [-0.4, -0.2) is 9.38 Å². The SMILES string of the molecule is O=c1c(NCc2ccc(Cl)cc2)cnc2ccccn12. The molecule has 0 aliphatic carbocycles. The molecule has 3 aromatic rings. The molecule has 3 rings (SSSR count). The number of aromatic nitrogens is 2. The van der Waals surface area contributed by atoms with Crippen molar-refractivity contribution >= 4 is 22.9 Å². The summed E-state index contributed by atoms with van der Waals surface area (Å²) in [5.41, 5.74) is 2.05. The van der Waals surface area contributed by atoms with E-state index in [0.29, 0.717) is 22.9 Å². The van der Waals surface area contributed by atoms with Crippen LogP contribution in [0, 0.1) is 0 Å². The summed E-state index contributed by atoms with van der Waals surface area (Å²) in [5.74, 6) is 0. The molecule has 0 radical (unpaired) electrons. The molecule has 0 aliphatic rings. The Morgan fingerprint density at radius 3 is 2.75 bits per heavy atom. The average Bonchev–Trinajstić information content (AvgIpc) is 2.49. The fraction of sp³-hybridized carbons (Fsp3) is 0.0667. The van der Waals surface area contributed by atoms with Gasteiger partial charge in [0.1, 0.15) is 11.3 Å². The molecular weight excluding hydrogens is 274 g/mol. The van der Waals surface area contributed by atoms with Gasteiger partial charge >= 0.3 is 0 Å². The molecule has 5 heteroatoms. The zero-order valence-corrected chi connectivity index (χ0v) is 11.3. The van der Waals surface area contributed by atoms with Gasteiger partial charge < -0.3 is 5.32 Å². The van der Waals surface area contributed by atoms with Crippen molar-refractivity contribution in [2.75, 3.05) is 5.32 Å². The normalized spacial score (nSPS) is 10.7. The predicted octanol–water partition coefficient (Wildman–Crippen LogP) is 2.96. The molecule has 1 N–H and O–H groups in total. The number of halogens is 1. The number of fused-ring (bicyclic) bond motifs is 1. The molecule has 0 fully saturated rings. The molecule has 1 aromatic carbocycles. The van der Waals surface area contributed by atoms with Crippen LogP contribution in [0.2, 0.25) is 5.02 Å². The number of anilines is 1. The van der Waals surface area contributed by atoms with Gasteiger partial charge in [0.25, 0.3) is 5.56 Å². The number of nitrogens with one attached hydrogen (secondary N) is 1. The highest BCUT2D eigenvalue weighted by atomic mass is 35.5. The quantitative estimate of drug-likeness (QED) is 0.805. The summed E-state index contributed by atoms with van der Waals surface area (Å²) in [6, 6.07) is 12.9. The molecule has 20 heavy (non-hydrogen) atoms. The Bertz CT molecular complexity index is 796. The zero-order chi connectivity index (χ0) is 13.9. The van der Waals surface area contributed by atoms with Crippen molar-refractivity contribution < 1.29 is 0 Å². The molecule has 0 amide bonds. The Morgan fingerprint density at radius 2 is 1.95 bits per heavy atom. The topological polar surface area (TPSA) is 46.4 Å². The van der Waals surface area contributed by atoms with Crippen molar-refractivity contribution in [2.45, 2.75) is 6.54 Å². The lowest BCUT2D eigenvalue weighted by Crippen LogP contribution is -2.19. The monoisotopic (exact) mass is 285 g/mol. The molecule has 0 bridgehead atoms. The number of hydrogen-bond acceptors (Lipinski definition) is 3. The minimum absolute atomic E-state index is 0.107. The highest BCUT2D eigenvalue weighted by Crippen LogP contribution is 2.10. The third-order valence-electron chi connectivity index (χ3n) is 3.01. The van der Waals surface area contributed by atoms with Crippen molar-refractivity contribution in [2.24, 2.45) is 0 Å². The lowest BCUT2D eigenvalue weighted by Gasteiger charge is -2.07. The van der Waals surface area contributed by atoms with Crippen LogP contribution in [0.3, 0.4) is 0 Å². The molecule has 0 saturated heterocycles. The smallest absolute Gasteiger partial charge is 0.281 e. The van der Waals surface area contributed by atoms with Gasteiger partial charge in [-0.25, -0.2) is 4.98 Å². The lowest BCUT2D eigenvalue weighted by molar-refractivity contribution is 1.02. The van der Waals surface area contributed by atoms with E-state index in [9.17, 15) is 4.79 Å². The second kappa shape index (κ2) is 5.35. The number of rotatable bonds is 3. The first-order valence-electron chi connectivity index (χ1n) is 6.19.